The van der Waals surface area contributed by atoms with Gasteiger partial charge in [-0.2, -0.15) is 8.78 Å². The minimum atomic E-state index is -2.71. The van der Waals surface area contributed by atoms with Gasteiger partial charge >= 0.3 is 9.90 Å². The standard InChI is InChI=1S/C12H15F2IN2O2S/c1-2-19-10(18)9-7-20-11(16-9)17-5-3-4-8(6-17)12(13,14)15/h7-8H,2-6H2,1H3. The summed E-state index contributed by atoms with van der Waals surface area (Å²) in [6, 6.07) is 0. The second-order valence-corrected chi connectivity index (χ2v) is 6.84. The van der Waals surface area contributed by atoms with Gasteiger partial charge in [-0.3, -0.25) is 0 Å². The topological polar surface area (TPSA) is 42.4 Å². The highest BCUT2D eigenvalue weighted by Crippen LogP contribution is 2.38. The van der Waals surface area contributed by atoms with Gasteiger partial charge in [0, 0.05) is 24.4 Å². The molecule has 0 saturated carbocycles. The summed E-state index contributed by atoms with van der Waals surface area (Å²) in [5.74, 6) is -1.14. The third-order valence-corrected chi connectivity index (χ3v) is 4.91. The Morgan fingerprint density at radius 2 is 2.45 bits per heavy atom. The first-order valence-corrected chi connectivity index (χ1v) is 8.32. The number of hydrogen-bond acceptors (Lipinski definition) is 5. The molecule has 4 nitrogen and oxygen atoms in total. The van der Waals surface area contributed by atoms with Gasteiger partial charge in [0.25, 0.3) is 0 Å². The largest absolute Gasteiger partial charge is 0.461 e. The third kappa shape index (κ3) is 3.78. The maximum atomic E-state index is 13.4. The molecule has 1 atom stereocenters. The van der Waals surface area contributed by atoms with Crippen LogP contribution < -0.4 is 4.90 Å². The summed E-state index contributed by atoms with van der Waals surface area (Å²) in [4.78, 5) is 17.6. The fourth-order valence-corrected chi connectivity index (χ4v) is 3.47. The summed E-state index contributed by atoms with van der Waals surface area (Å²) in [6.45, 7) is 2.98. The van der Waals surface area contributed by atoms with Crippen molar-refractivity contribution in [1.82, 2.24) is 4.98 Å². The van der Waals surface area contributed by atoms with E-state index in [1.54, 1.807) is 12.3 Å². The summed E-state index contributed by atoms with van der Waals surface area (Å²) >= 11 is 2.49. The van der Waals surface area contributed by atoms with Crippen molar-refractivity contribution >= 4 is 45.0 Å². The number of thiazole rings is 1. The molecule has 2 rings (SSSR count). The number of rotatable bonds is 4. The summed E-state index contributed by atoms with van der Waals surface area (Å²) in [5, 5.41) is 2.22. The molecule has 8 heteroatoms. The Kier molecular flexibility index (Phi) is 5.16. The molecular formula is C12H15F2IN2O2S. The number of piperidine rings is 1. The lowest BCUT2D eigenvalue weighted by atomic mass is 9.99. The minimum Gasteiger partial charge on any atom is -0.461 e. The number of carbonyl (C=O) groups is 1. The van der Waals surface area contributed by atoms with Crippen LogP contribution in [0.3, 0.4) is 0 Å². The fourth-order valence-electron chi connectivity index (χ4n) is 2.13. The van der Waals surface area contributed by atoms with Gasteiger partial charge in [-0.05, 0) is 42.4 Å². The fraction of sp³-hybridized carbons (Fsp3) is 0.667. The van der Waals surface area contributed by atoms with Crippen LogP contribution in [0.1, 0.15) is 30.3 Å². The smallest absolute Gasteiger partial charge is 0.357 e. The number of hydrogen-bond donors (Lipinski definition) is 0. The van der Waals surface area contributed by atoms with Crippen LogP contribution in [0.4, 0.5) is 13.9 Å². The molecule has 20 heavy (non-hydrogen) atoms. The predicted octanol–water partition coefficient (Wildman–Crippen LogP) is 3.56. The molecule has 1 aliphatic heterocycles. The van der Waals surface area contributed by atoms with Gasteiger partial charge in [0.2, 0.25) is 0 Å². The van der Waals surface area contributed by atoms with Crippen LogP contribution in [0.15, 0.2) is 5.38 Å². The number of nitrogens with zero attached hydrogens (tertiary/aromatic N) is 2. The number of carbonyl (C=O) groups excluding carboxylic acids is 1. The molecule has 0 spiro atoms. The van der Waals surface area contributed by atoms with Crippen molar-refractivity contribution in [2.45, 2.75) is 23.7 Å². The number of halogens is 3. The van der Waals surface area contributed by atoms with Gasteiger partial charge in [0.05, 0.1) is 6.61 Å². The van der Waals surface area contributed by atoms with Crippen LogP contribution in [-0.4, -0.2) is 34.6 Å². The molecule has 1 fully saturated rings. The summed E-state index contributed by atoms with van der Waals surface area (Å²) in [5.41, 5.74) is 0.246. The highest BCUT2D eigenvalue weighted by Gasteiger charge is 2.39. The van der Waals surface area contributed by atoms with Gasteiger partial charge < -0.3 is 9.64 Å². The molecule has 112 valence electrons. The van der Waals surface area contributed by atoms with E-state index in [0.29, 0.717) is 31.1 Å². The molecular weight excluding hydrogens is 401 g/mol. The molecule has 1 aliphatic rings. The molecule has 0 radical (unpaired) electrons. The molecule has 0 aromatic carbocycles. The van der Waals surface area contributed by atoms with Crippen molar-refractivity contribution in [3.63, 3.8) is 0 Å². The first kappa shape index (κ1) is 15.9. The Morgan fingerprint density at radius 1 is 1.70 bits per heavy atom. The van der Waals surface area contributed by atoms with E-state index in [2.05, 4.69) is 4.98 Å². The molecule has 1 saturated heterocycles. The number of esters is 1. The molecule has 1 aromatic rings. The van der Waals surface area contributed by atoms with Crippen molar-refractivity contribution < 1.29 is 18.3 Å². The summed E-state index contributed by atoms with van der Waals surface area (Å²) < 4.78 is 29.0. The van der Waals surface area contributed by atoms with Gasteiger partial charge in [-0.25, -0.2) is 9.78 Å². The SMILES string of the molecule is CCOC(=O)c1csc(N2CCCC(C(F)(F)I)C2)n1. The highest BCUT2D eigenvalue weighted by molar-refractivity contribution is 14.1. The van der Waals surface area contributed by atoms with E-state index in [4.69, 9.17) is 4.74 Å². The number of alkyl halides is 3. The number of ether oxygens (including phenoxy) is 1. The maximum Gasteiger partial charge on any atom is 0.357 e. The van der Waals surface area contributed by atoms with Crippen LogP contribution in [0.5, 0.6) is 0 Å². The van der Waals surface area contributed by atoms with Crippen molar-refractivity contribution in [3.8, 4) is 0 Å². The van der Waals surface area contributed by atoms with Gasteiger partial charge in [0.1, 0.15) is 0 Å². The van der Waals surface area contributed by atoms with Crippen LogP contribution in [0.2, 0.25) is 0 Å². The first-order valence-electron chi connectivity index (χ1n) is 6.36. The van der Waals surface area contributed by atoms with Crippen LogP contribution >= 0.6 is 33.9 Å². The van der Waals surface area contributed by atoms with Crippen LogP contribution in [0.25, 0.3) is 0 Å². The Labute approximate surface area is 133 Å². The van der Waals surface area contributed by atoms with E-state index in [-0.39, 0.29) is 12.2 Å². The van der Waals surface area contributed by atoms with E-state index in [1.807, 2.05) is 4.90 Å². The van der Waals surface area contributed by atoms with Crippen LogP contribution in [-0.2, 0) is 4.74 Å². The highest BCUT2D eigenvalue weighted by atomic mass is 127. The quantitative estimate of drug-likeness (QED) is 0.428. The molecule has 0 aliphatic carbocycles. The molecule has 0 amide bonds. The molecule has 0 bridgehead atoms. The van der Waals surface area contributed by atoms with E-state index in [1.165, 1.54) is 33.9 Å². The monoisotopic (exact) mass is 416 g/mol. The van der Waals surface area contributed by atoms with Gasteiger partial charge in [-0.15, -0.1) is 11.3 Å². The Morgan fingerprint density at radius 3 is 3.10 bits per heavy atom. The molecule has 2 heterocycles. The number of anilines is 1. The third-order valence-electron chi connectivity index (χ3n) is 3.13. The Balaban J connectivity index is 2.06. The van der Waals surface area contributed by atoms with Gasteiger partial charge in [0.15, 0.2) is 10.8 Å². The number of aromatic nitrogens is 1. The second kappa shape index (κ2) is 6.50. The molecule has 1 unspecified atom stereocenters. The van der Waals surface area contributed by atoms with Crippen molar-refractivity contribution in [2.75, 3.05) is 24.6 Å². The Bertz CT molecular complexity index is 478. The average molecular weight is 416 g/mol. The van der Waals surface area contributed by atoms with Gasteiger partial charge in [-0.1, -0.05) is 0 Å². The lowest BCUT2D eigenvalue weighted by Gasteiger charge is -2.34. The zero-order valence-electron chi connectivity index (χ0n) is 10.9. The average Bonchev–Trinajstić information content (AvgIpc) is 2.88. The second-order valence-electron chi connectivity index (χ2n) is 4.56. The molecule has 1 aromatic heterocycles. The van der Waals surface area contributed by atoms with E-state index in [9.17, 15) is 13.6 Å². The lowest BCUT2D eigenvalue weighted by molar-refractivity contribution is 0.0491. The maximum absolute atomic E-state index is 13.4. The van der Waals surface area contributed by atoms with Crippen molar-refractivity contribution in [1.29, 1.82) is 0 Å². The predicted molar refractivity (Wildman–Crippen MR) is 82.0 cm³/mol. The normalized spacial score (nSPS) is 20.0. The van der Waals surface area contributed by atoms with Crippen LogP contribution in [0, 0.1) is 5.92 Å². The Hall–Kier alpha value is -0.510. The van der Waals surface area contributed by atoms with Crippen molar-refractivity contribution in [3.05, 3.63) is 11.1 Å². The zero-order valence-corrected chi connectivity index (χ0v) is 13.9. The molecule has 0 N–H and O–H groups in total. The van der Waals surface area contributed by atoms with E-state index < -0.39 is 15.8 Å². The van der Waals surface area contributed by atoms with Crippen molar-refractivity contribution in [2.24, 2.45) is 5.92 Å². The minimum absolute atomic E-state index is 0.246. The summed E-state index contributed by atoms with van der Waals surface area (Å²) in [7, 11) is 0. The van der Waals surface area contributed by atoms with E-state index >= 15 is 0 Å². The lowest BCUT2D eigenvalue weighted by Crippen LogP contribution is -2.41. The summed E-state index contributed by atoms with van der Waals surface area (Å²) in [6.07, 6.45) is 1.22. The first-order chi connectivity index (χ1) is 9.41. The zero-order chi connectivity index (χ0) is 14.8. The van der Waals surface area contributed by atoms with E-state index in [0.717, 1.165) is 0 Å².